The maximum atomic E-state index is 12.1. The van der Waals surface area contributed by atoms with Gasteiger partial charge in [0.2, 0.25) is 5.78 Å². The maximum absolute atomic E-state index is 12.1. The minimum Gasteiger partial charge on any atom is -0.497 e. The van der Waals surface area contributed by atoms with E-state index < -0.39 is 0 Å². The highest BCUT2D eigenvalue weighted by molar-refractivity contribution is 7.08. The highest BCUT2D eigenvalue weighted by Crippen LogP contribution is 2.25. The van der Waals surface area contributed by atoms with Gasteiger partial charge < -0.3 is 9.15 Å². The molecule has 0 aliphatic rings. The van der Waals surface area contributed by atoms with Crippen molar-refractivity contribution in [3.8, 4) is 5.75 Å². The summed E-state index contributed by atoms with van der Waals surface area (Å²) in [5.41, 5.74) is 1.32. The van der Waals surface area contributed by atoms with Crippen LogP contribution in [-0.2, 0) is 0 Å². The van der Waals surface area contributed by atoms with Gasteiger partial charge in [0, 0.05) is 22.4 Å². The SMILES string of the molecule is COc1ccc2cc(C(=O)c3ccsc3)oc2c1. The lowest BCUT2D eigenvalue weighted by molar-refractivity contribution is 0.101. The molecule has 18 heavy (non-hydrogen) atoms. The molecule has 3 aromatic rings. The van der Waals surface area contributed by atoms with Gasteiger partial charge in [0.25, 0.3) is 0 Å². The van der Waals surface area contributed by atoms with Crippen molar-refractivity contribution in [2.75, 3.05) is 7.11 Å². The first-order valence-electron chi connectivity index (χ1n) is 5.42. The fourth-order valence-corrected chi connectivity index (χ4v) is 2.42. The Balaban J connectivity index is 2.06. The molecule has 2 aromatic heterocycles. The van der Waals surface area contributed by atoms with E-state index in [0.717, 1.165) is 5.39 Å². The second-order valence-electron chi connectivity index (χ2n) is 3.86. The van der Waals surface area contributed by atoms with Crippen LogP contribution in [0.3, 0.4) is 0 Å². The molecule has 0 aliphatic carbocycles. The first kappa shape index (κ1) is 11.0. The third-order valence-electron chi connectivity index (χ3n) is 2.73. The summed E-state index contributed by atoms with van der Waals surface area (Å²) >= 11 is 1.49. The predicted octanol–water partition coefficient (Wildman–Crippen LogP) is 3.73. The number of methoxy groups -OCH3 is 1. The van der Waals surface area contributed by atoms with Crippen molar-refractivity contribution < 1.29 is 13.9 Å². The molecule has 4 heteroatoms. The summed E-state index contributed by atoms with van der Waals surface area (Å²) < 4.78 is 10.7. The monoisotopic (exact) mass is 258 g/mol. The first-order chi connectivity index (χ1) is 8.78. The van der Waals surface area contributed by atoms with E-state index in [4.69, 9.17) is 9.15 Å². The van der Waals surface area contributed by atoms with Crippen LogP contribution in [0.2, 0.25) is 0 Å². The zero-order valence-electron chi connectivity index (χ0n) is 9.67. The minimum absolute atomic E-state index is 0.0913. The second-order valence-corrected chi connectivity index (χ2v) is 4.64. The van der Waals surface area contributed by atoms with Crippen LogP contribution in [0.4, 0.5) is 0 Å². The molecule has 0 bridgehead atoms. The van der Waals surface area contributed by atoms with Crippen LogP contribution in [0.5, 0.6) is 5.75 Å². The number of furan rings is 1. The number of ether oxygens (including phenoxy) is 1. The number of thiophene rings is 1. The molecule has 3 nitrogen and oxygen atoms in total. The van der Waals surface area contributed by atoms with Gasteiger partial charge in [-0.25, -0.2) is 0 Å². The van der Waals surface area contributed by atoms with E-state index in [1.54, 1.807) is 25.3 Å². The van der Waals surface area contributed by atoms with Crippen LogP contribution in [0, 0.1) is 0 Å². The molecular formula is C14H10O3S. The third-order valence-corrected chi connectivity index (χ3v) is 3.42. The predicted molar refractivity (Wildman–Crippen MR) is 70.5 cm³/mol. The highest BCUT2D eigenvalue weighted by atomic mass is 32.1. The maximum Gasteiger partial charge on any atom is 0.229 e. The van der Waals surface area contributed by atoms with Gasteiger partial charge in [-0.2, -0.15) is 11.3 Å². The van der Waals surface area contributed by atoms with Gasteiger partial charge in [0.15, 0.2) is 5.76 Å². The molecule has 0 saturated heterocycles. The summed E-state index contributed by atoms with van der Waals surface area (Å²) in [5.74, 6) is 0.981. The Hall–Kier alpha value is -2.07. The summed E-state index contributed by atoms with van der Waals surface area (Å²) in [6, 6.07) is 9.05. The van der Waals surface area contributed by atoms with E-state index in [0.29, 0.717) is 22.7 Å². The quantitative estimate of drug-likeness (QED) is 0.672. The number of carbonyl (C=O) groups excluding carboxylic acids is 1. The normalized spacial score (nSPS) is 10.7. The smallest absolute Gasteiger partial charge is 0.229 e. The molecule has 0 atom stereocenters. The van der Waals surface area contributed by atoms with Crippen LogP contribution in [-0.4, -0.2) is 12.9 Å². The fraction of sp³-hybridized carbons (Fsp3) is 0.0714. The molecule has 0 fully saturated rings. The van der Waals surface area contributed by atoms with Crippen molar-refractivity contribution in [1.82, 2.24) is 0 Å². The second kappa shape index (κ2) is 4.31. The van der Waals surface area contributed by atoms with Gasteiger partial charge in [-0.3, -0.25) is 4.79 Å². The van der Waals surface area contributed by atoms with E-state index in [1.165, 1.54) is 11.3 Å². The minimum atomic E-state index is -0.0913. The number of carbonyl (C=O) groups is 1. The molecule has 0 N–H and O–H groups in total. The molecular weight excluding hydrogens is 248 g/mol. The van der Waals surface area contributed by atoms with Crippen molar-refractivity contribution in [3.05, 3.63) is 52.4 Å². The zero-order chi connectivity index (χ0) is 12.5. The number of hydrogen-bond acceptors (Lipinski definition) is 4. The van der Waals surface area contributed by atoms with Crippen LogP contribution in [0.1, 0.15) is 16.1 Å². The summed E-state index contributed by atoms with van der Waals surface area (Å²) in [5, 5.41) is 4.59. The van der Waals surface area contributed by atoms with Gasteiger partial charge >= 0.3 is 0 Å². The van der Waals surface area contributed by atoms with Crippen LogP contribution < -0.4 is 4.74 Å². The molecule has 0 saturated carbocycles. The lowest BCUT2D eigenvalue weighted by atomic mass is 10.1. The summed E-state index contributed by atoms with van der Waals surface area (Å²) in [4.78, 5) is 12.1. The zero-order valence-corrected chi connectivity index (χ0v) is 10.5. The van der Waals surface area contributed by atoms with E-state index in [1.807, 2.05) is 22.9 Å². The molecule has 3 rings (SSSR count). The molecule has 0 spiro atoms. The summed E-state index contributed by atoms with van der Waals surface area (Å²) in [6.07, 6.45) is 0. The van der Waals surface area contributed by atoms with Crippen molar-refractivity contribution in [1.29, 1.82) is 0 Å². The van der Waals surface area contributed by atoms with Gasteiger partial charge in [0.05, 0.1) is 7.11 Å². The number of hydrogen-bond donors (Lipinski definition) is 0. The van der Waals surface area contributed by atoms with Gasteiger partial charge in [-0.05, 0) is 29.6 Å². The Kier molecular flexibility index (Phi) is 2.64. The van der Waals surface area contributed by atoms with Crippen molar-refractivity contribution >= 4 is 28.1 Å². The summed E-state index contributed by atoms with van der Waals surface area (Å²) in [7, 11) is 1.60. The fourth-order valence-electron chi connectivity index (χ4n) is 1.79. The standard InChI is InChI=1S/C14H10O3S/c1-16-11-3-2-9-6-13(17-12(9)7-11)14(15)10-4-5-18-8-10/h2-8H,1H3. The van der Waals surface area contributed by atoms with Gasteiger partial charge in [0.1, 0.15) is 11.3 Å². The van der Waals surface area contributed by atoms with Crippen LogP contribution >= 0.6 is 11.3 Å². The Morgan fingerprint density at radius 1 is 1.28 bits per heavy atom. The largest absolute Gasteiger partial charge is 0.497 e. The summed E-state index contributed by atoms with van der Waals surface area (Å²) in [6.45, 7) is 0. The Labute approximate surface area is 108 Å². The lowest BCUT2D eigenvalue weighted by Crippen LogP contribution is -1.96. The first-order valence-corrected chi connectivity index (χ1v) is 6.37. The Bertz CT molecular complexity index is 695. The molecule has 90 valence electrons. The van der Waals surface area contributed by atoms with E-state index in [2.05, 4.69) is 0 Å². The molecule has 0 aliphatic heterocycles. The molecule has 0 radical (unpaired) electrons. The van der Waals surface area contributed by atoms with Crippen molar-refractivity contribution in [3.63, 3.8) is 0 Å². The van der Waals surface area contributed by atoms with E-state index in [9.17, 15) is 4.79 Å². The van der Waals surface area contributed by atoms with Gasteiger partial charge in [-0.1, -0.05) is 0 Å². The number of fused-ring (bicyclic) bond motifs is 1. The molecule has 2 heterocycles. The third kappa shape index (κ3) is 1.80. The number of benzene rings is 1. The van der Waals surface area contributed by atoms with E-state index in [-0.39, 0.29) is 5.78 Å². The average Bonchev–Trinajstić information content (AvgIpc) is 3.05. The Morgan fingerprint density at radius 2 is 2.17 bits per heavy atom. The lowest BCUT2D eigenvalue weighted by Gasteiger charge is -1.96. The van der Waals surface area contributed by atoms with Crippen molar-refractivity contribution in [2.45, 2.75) is 0 Å². The number of ketones is 1. The molecule has 0 amide bonds. The van der Waals surface area contributed by atoms with Crippen LogP contribution in [0.25, 0.3) is 11.0 Å². The van der Waals surface area contributed by atoms with Crippen molar-refractivity contribution in [2.24, 2.45) is 0 Å². The molecule has 0 unspecified atom stereocenters. The van der Waals surface area contributed by atoms with E-state index >= 15 is 0 Å². The average molecular weight is 258 g/mol. The van der Waals surface area contributed by atoms with Gasteiger partial charge in [-0.15, -0.1) is 0 Å². The Morgan fingerprint density at radius 3 is 2.89 bits per heavy atom. The number of rotatable bonds is 3. The molecule has 1 aromatic carbocycles. The van der Waals surface area contributed by atoms with Crippen LogP contribution in [0.15, 0.2) is 45.5 Å². The highest BCUT2D eigenvalue weighted by Gasteiger charge is 2.15. The topological polar surface area (TPSA) is 39.4 Å².